The van der Waals surface area contributed by atoms with Crippen LogP contribution in [0.5, 0.6) is 0 Å². The van der Waals surface area contributed by atoms with Gasteiger partial charge >= 0.3 is 6.18 Å². The van der Waals surface area contributed by atoms with Gasteiger partial charge in [0, 0.05) is 17.5 Å². The number of halogens is 4. The maximum absolute atomic E-state index is 13.1. The van der Waals surface area contributed by atoms with Crippen LogP contribution in [-0.2, 0) is 6.18 Å². The van der Waals surface area contributed by atoms with E-state index < -0.39 is 17.8 Å². The van der Waals surface area contributed by atoms with Crippen molar-refractivity contribution in [2.75, 3.05) is 11.9 Å². The van der Waals surface area contributed by atoms with Gasteiger partial charge in [0.25, 0.3) is 0 Å². The number of aromatic nitrogens is 2. The number of benzene rings is 1. The highest BCUT2D eigenvalue weighted by atomic mass is 32.2. The van der Waals surface area contributed by atoms with E-state index in [9.17, 15) is 17.6 Å². The number of hydrogen-bond acceptors (Lipinski definition) is 4. The van der Waals surface area contributed by atoms with Crippen molar-refractivity contribution in [2.45, 2.75) is 23.0 Å². The second-order valence-corrected chi connectivity index (χ2v) is 5.10. The molecule has 0 saturated heterocycles. The minimum Gasteiger partial charge on any atom is -0.370 e. The molecule has 1 N–H and O–H groups in total. The molecule has 1 aromatic heterocycles. The molecule has 8 heteroatoms. The molecule has 2 rings (SSSR count). The molecular weight excluding hydrogens is 306 g/mol. The average Bonchev–Trinajstić information content (AvgIpc) is 2.37. The summed E-state index contributed by atoms with van der Waals surface area (Å²) in [6.45, 7) is 2.17. The van der Waals surface area contributed by atoms with Gasteiger partial charge < -0.3 is 5.32 Å². The van der Waals surface area contributed by atoms with Crippen LogP contribution in [0.15, 0.2) is 40.3 Å². The monoisotopic (exact) mass is 317 g/mol. The molecule has 112 valence electrons. The summed E-state index contributed by atoms with van der Waals surface area (Å²) in [5.74, 6) is -1.60. The molecular formula is C13H11F4N3S. The summed E-state index contributed by atoms with van der Waals surface area (Å²) in [4.78, 5) is 7.36. The largest absolute Gasteiger partial charge is 0.451 e. The molecule has 0 radical (unpaired) electrons. The Morgan fingerprint density at radius 3 is 2.57 bits per heavy atom. The van der Waals surface area contributed by atoms with Crippen LogP contribution in [0.2, 0.25) is 0 Å². The number of nitrogens with zero attached hydrogens (tertiary/aromatic N) is 2. The Kier molecular flexibility index (Phi) is 4.66. The predicted molar refractivity (Wildman–Crippen MR) is 71.7 cm³/mol. The molecule has 0 atom stereocenters. The Bertz CT molecular complexity index is 631. The van der Waals surface area contributed by atoms with Crippen molar-refractivity contribution in [2.24, 2.45) is 0 Å². The first kappa shape index (κ1) is 15.6. The van der Waals surface area contributed by atoms with Crippen molar-refractivity contribution < 1.29 is 17.6 Å². The fourth-order valence-electron chi connectivity index (χ4n) is 1.53. The topological polar surface area (TPSA) is 37.8 Å². The van der Waals surface area contributed by atoms with Crippen molar-refractivity contribution in [3.63, 3.8) is 0 Å². The zero-order chi connectivity index (χ0) is 15.5. The minimum absolute atomic E-state index is 0.0822. The van der Waals surface area contributed by atoms with Gasteiger partial charge in [0.05, 0.1) is 0 Å². The smallest absolute Gasteiger partial charge is 0.370 e. The summed E-state index contributed by atoms with van der Waals surface area (Å²) in [7, 11) is 0. The minimum atomic E-state index is -4.64. The van der Waals surface area contributed by atoms with E-state index in [2.05, 4.69) is 15.3 Å². The second kappa shape index (κ2) is 6.30. The van der Waals surface area contributed by atoms with Crippen LogP contribution in [0.25, 0.3) is 0 Å². The molecule has 0 amide bonds. The SMILES string of the molecule is CCNc1cc(Sc2cccc(F)c2)nc(C(F)(F)F)n1. The molecule has 0 saturated carbocycles. The van der Waals surface area contributed by atoms with Crippen LogP contribution in [0.1, 0.15) is 12.7 Å². The molecule has 2 aromatic rings. The zero-order valence-corrected chi connectivity index (χ0v) is 11.7. The summed E-state index contributed by atoms with van der Waals surface area (Å²) in [5, 5.41) is 2.82. The van der Waals surface area contributed by atoms with Crippen LogP contribution in [0.4, 0.5) is 23.4 Å². The van der Waals surface area contributed by atoms with E-state index in [-0.39, 0.29) is 10.8 Å². The van der Waals surface area contributed by atoms with E-state index in [0.29, 0.717) is 11.4 Å². The van der Waals surface area contributed by atoms with E-state index in [1.807, 2.05) is 0 Å². The van der Waals surface area contributed by atoms with Crippen molar-refractivity contribution in [1.82, 2.24) is 9.97 Å². The summed E-state index contributed by atoms with van der Waals surface area (Å²) in [6, 6.07) is 6.96. The van der Waals surface area contributed by atoms with Crippen molar-refractivity contribution >= 4 is 17.6 Å². The first-order chi connectivity index (χ1) is 9.88. The Balaban J connectivity index is 2.35. The van der Waals surface area contributed by atoms with Gasteiger partial charge in [-0.25, -0.2) is 14.4 Å². The van der Waals surface area contributed by atoms with Crippen molar-refractivity contribution in [3.8, 4) is 0 Å². The first-order valence-electron chi connectivity index (χ1n) is 6.02. The Morgan fingerprint density at radius 2 is 1.95 bits per heavy atom. The molecule has 21 heavy (non-hydrogen) atoms. The van der Waals surface area contributed by atoms with Gasteiger partial charge in [-0.3, -0.25) is 0 Å². The molecule has 3 nitrogen and oxygen atoms in total. The van der Waals surface area contributed by atoms with Gasteiger partial charge in [0.1, 0.15) is 16.7 Å². The van der Waals surface area contributed by atoms with Crippen LogP contribution < -0.4 is 5.32 Å². The molecule has 0 aliphatic rings. The summed E-state index contributed by atoms with van der Waals surface area (Å²) in [5.41, 5.74) is 0. The Hall–Kier alpha value is -1.83. The van der Waals surface area contributed by atoms with E-state index in [1.54, 1.807) is 13.0 Å². The van der Waals surface area contributed by atoms with Crippen LogP contribution >= 0.6 is 11.8 Å². The van der Waals surface area contributed by atoms with Crippen LogP contribution in [0.3, 0.4) is 0 Å². The number of alkyl halides is 3. The van der Waals surface area contributed by atoms with E-state index in [4.69, 9.17) is 0 Å². The van der Waals surface area contributed by atoms with Gasteiger partial charge in [-0.2, -0.15) is 13.2 Å². The molecule has 1 aromatic carbocycles. The second-order valence-electron chi connectivity index (χ2n) is 4.00. The third-order valence-electron chi connectivity index (χ3n) is 2.33. The normalized spacial score (nSPS) is 11.5. The standard InChI is InChI=1S/C13H11F4N3S/c1-2-18-10-7-11(20-12(19-10)13(15,16)17)21-9-5-3-4-8(14)6-9/h3-7H,2H2,1H3,(H,18,19,20). The van der Waals surface area contributed by atoms with E-state index in [0.717, 1.165) is 11.8 Å². The maximum Gasteiger partial charge on any atom is 0.451 e. The quantitative estimate of drug-likeness (QED) is 0.677. The highest BCUT2D eigenvalue weighted by molar-refractivity contribution is 7.99. The predicted octanol–water partition coefficient (Wildman–Crippen LogP) is 4.22. The van der Waals surface area contributed by atoms with E-state index >= 15 is 0 Å². The van der Waals surface area contributed by atoms with Gasteiger partial charge in [-0.1, -0.05) is 17.8 Å². The number of rotatable bonds is 4. The molecule has 0 bridgehead atoms. The zero-order valence-electron chi connectivity index (χ0n) is 10.9. The molecule has 0 spiro atoms. The van der Waals surface area contributed by atoms with Crippen LogP contribution in [-0.4, -0.2) is 16.5 Å². The van der Waals surface area contributed by atoms with Gasteiger partial charge in [-0.15, -0.1) is 0 Å². The Labute approximate surface area is 122 Å². The molecule has 0 fully saturated rings. The lowest BCUT2D eigenvalue weighted by atomic mass is 10.4. The molecule has 0 aliphatic carbocycles. The average molecular weight is 317 g/mol. The number of nitrogens with one attached hydrogen (secondary N) is 1. The maximum atomic E-state index is 13.1. The van der Waals surface area contributed by atoms with Crippen molar-refractivity contribution in [3.05, 3.63) is 42.0 Å². The van der Waals surface area contributed by atoms with Gasteiger partial charge in [0.15, 0.2) is 0 Å². The first-order valence-corrected chi connectivity index (χ1v) is 6.83. The highest BCUT2D eigenvalue weighted by Gasteiger charge is 2.35. The summed E-state index contributed by atoms with van der Waals surface area (Å²) >= 11 is 0.941. The fraction of sp³-hybridized carbons (Fsp3) is 0.231. The lowest BCUT2D eigenvalue weighted by Crippen LogP contribution is -2.13. The number of hydrogen-bond donors (Lipinski definition) is 1. The van der Waals surface area contributed by atoms with Crippen molar-refractivity contribution in [1.29, 1.82) is 0 Å². The lowest BCUT2D eigenvalue weighted by Gasteiger charge is -2.10. The summed E-state index contributed by atoms with van der Waals surface area (Å²) < 4.78 is 51.4. The molecule has 1 heterocycles. The van der Waals surface area contributed by atoms with Gasteiger partial charge in [0.2, 0.25) is 5.82 Å². The Morgan fingerprint density at radius 1 is 1.19 bits per heavy atom. The fourth-order valence-corrected chi connectivity index (χ4v) is 2.39. The summed E-state index contributed by atoms with van der Waals surface area (Å²) in [6.07, 6.45) is -4.64. The third kappa shape index (κ3) is 4.32. The lowest BCUT2D eigenvalue weighted by molar-refractivity contribution is -0.145. The third-order valence-corrected chi connectivity index (χ3v) is 3.24. The van der Waals surface area contributed by atoms with E-state index in [1.165, 1.54) is 24.3 Å². The van der Waals surface area contributed by atoms with Gasteiger partial charge in [-0.05, 0) is 25.1 Å². The van der Waals surface area contributed by atoms with Crippen LogP contribution in [0, 0.1) is 5.82 Å². The highest BCUT2D eigenvalue weighted by Crippen LogP contribution is 2.32. The molecule has 0 aliphatic heterocycles. The number of anilines is 1. The molecule has 0 unspecified atom stereocenters.